The normalized spacial score (nSPS) is 18.6. The summed E-state index contributed by atoms with van der Waals surface area (Å²) < 4.78 is 28.9. The predicted molar refractivity (Wildman–Crippen MR) is 130 cm³/mol. The van der Waals surface area contributed by atoms with E-state index in [1.807, 2.05) is 48.5 Å². The highest BCUT2D eigenvalue weighted by molar-refractivity contribution is 6.09. The topological polar surface area (TPSA) is 54.2 Å². The van der Waals surface area contributed by atoms with Crippen molar-refractivity contribution in [3.8, 4) is 0 Å². The van der Waals surface area contributed by atoms with Gasteiger partial charge in [-0.25, -0.2) is 8.78 Å². The summed E-state index contributed by atoms with van der Waals surface area (Å²) in [5.74, 6) is 1.53. The van der Waals surface area contributed by atoms with Crippen LogP contribution < -0.4 is 10.7 Å². The van der Waals surface area contributed by atoms with E-state index in [0.717, 1.165) is 30.1 Å². The van der Waals surface area contributed by atoms with Crippen molar-refractivity contribution in [3.63, 3.8) is 0 Å². The number of aromatic nitrogens is 2. The van der Waals surface area contributed by atoms with Crippen LogP contribution in [0.4, 0.5) is 20.2 Å². The van der Waals surface area contributed by atoms with Crippen molar-refractivity contribution in [2.75, 3.05) is 10.7 Å². The number of anilines is 2. The Kier molecular flexibility index (Phi) is 7.37. The minimum absolute atomic E-state index is 0.279. The van der Waals surface area contributed by atoms with Crippen molar-refractivity contribution in [1.29, 1.82) is 0 Å². The minimum Gasteiger partial charge on any atom is -0.338 e. The molecule has 5 nitrogen and oxygen atoms in total. The SMILES string of the molecule is CCCC1CCC(c2ccccc2N/C(=N\Nc2ccccc2)c2cn(C)nc2C(F)F)C1. The Morgan fingerprint density at radius 3 is 2.64 bits per heavy atom. The molecular weight excluding hydrogens is 420 g/mol. The molecule has 1 saturated carbocycles. The van der Waals surface area contributed by atoms with Crippen molar-refractivity contribution in [3.05, 3.63) is 77.6 Å². The molecule has 1 aliphatic carbocycles. The molecule has 1 fully saturated rings. The molecule has 2 aromatic carbocycles. The van der Waals surface area contributed by atoms with Crippen molar-refractivity contribution >= 4 is 17.2 Å². The highest BCUT2D eigenvalue weighted by atomic mass is 19.3. The second-order valence-electron chi connectivity index (χ2n) is 8.72. The molecule has 0 bridgehead atoms. The van der Waals surface area contributed by atoms with Crippen molar-refractivity contribution in [2.45, 2.75) is 51.4 Å². The summed E-state index contributed by atoms with van der Waals surface area (Å²) in [6.07, 6.45) is 4.88. The number of hydrazone groups is 1. The number of halogens is 2. The van der Waals surface area contributed by atoms with Crippen molar-refractivity contribution < 1.29 is 8.78 Å². The molecule has 4 rings (SSSR count). The monoisotopic (exact) mass is 451 g/mol. The lowest BCUT2D eigenvalue weighted by molar-refractivity contribution is 0.145. The Morgan fingerprint density at radius 2 is 1.88 bits per heavy atom. The molecule has 2 unspecified atom stereocenters. The van der Waals surface area contributed by atoms with Crippen LogP contribution in [0.1, 0.15) is 68.2 Å². The van der Waals surface area contributed by atoms with Crippen molar-refractivity contribution in [1.82, 2.24) is 9.78 Å². The van der Waals surface area contributed by atoms with Gasteiger partial charge in [0.15, 0.2) is 5.84 Å². The van der Waals surface area contributed by atoms with E-state index in [1.165, 1.54) is 29.5 Å². The Labute approximate surface area is 193 Å². The number of benzene rings is 2. The Morgan fingerprint density at radius 1 is 1.12 bits per heavy atom. The van der Waals surface area contributed by atoms with E-state index in [1.54, 1.807) is 13.2 Å². The summed E-state index contributed by atoms with van der Waals surface area (Å²) in [5, 5.41) is 11.8. The zero-order chi connectivity index (χ0) is 23.2. The van der Waals surface area contributed by atoms with Crippen LogP contribution in [0.25, 0.3) is 0 Å². The standard InChI is InChI=1S/C26H31F2N5/c1-3-9-18-14-15-19(16-18)21-12-7-8-13-23(21)29-26(31-30-20-10-5-4-6-11-20)22-17-33(2)32-24(22)25(27)28/h4-8,10-13,17-19,25,30H,3,9,14-16H2,1-2H3,(H,29,31). The molecule has 33 heavy (non-hydrogen) atoms. The molecule has 1 aliphatic rings. The summed E-state index contributed by atoms with van der Waals surface area (Å²) in [6, 6.07) is 17.6. The average molecular weight is 452 g/mol. The predicted octanol–water partition coefficient (Wildman–Crippen LogP) is 6.93. The van der Waals surface area contributed by atoms with E-state index in [4.69, 9.17) is 0 Å². The van der Waals surface area contributed by atoms with Crippen LogP contribution >= 0.6 is 0 Å². The number of hydrogen-bond acceptors (Lipinski definition) is 3. The molecule has 0 saturated heterocycles. The minimum atomic E-state index is -2.70. The molecule has 1 heterocycles. The van der Waals surface area contributed by atoms with Gasteiger partial charge in [0.2, 0.25) is 0 Å². The fourth-order valence-corrected chi connectivity index (χ4v) is 4.76. The lowest BCUT2D eigenvalue weighted by atomic mass is 9.93. The molecule has 7 heteroatoms. The van der Waals surface area contributed by atoms with Crippen LogP contribution in [0.15, 0.2) is 65.9 Å². The first-order valence-corrected chi connectivity index (χ1v) is 11.6. The Balaban J connectivity index is 1.67. The number of nitrogens with zero attached hydrogens (tertiary/aromatic N) is 3. The highest BCUT2D eigenvalue weighted by Gasteiger charge is 2.28. The zero-order valence-electron chi connectivity index (χ0n) is 19.1. The fourth-order valence-electron chi connectivity index (χ4n) is 4.76. The van der Waals surface area contributed by atoms with Crippen LogP contribution in [0.5, 0.6) is 0 Å². The second kappa shape index (κ2) is 10.6. The maximum atomic E-state index is 13.8. The average Bonchev–Trinajstić information content (AvgIpc) is 3.44. The number of alkyl halides is 2. The fraction of sp³-hybridized carbons (Fsp3) is 0.385. The molecule has 2 atom stereocenters. The summed E-state index contributed by atoms with van der Waals surface area (Å²) in [6.45, 7) is 2.24. The second-order valence-corrected chi connectivity index (χ2v) is 8.72. The lowest BCUT2D eigenvalue weighted by Crippen LogP contribution is -2.18. The van der Waals surface area contributed by atoms with Crippen LogP contribution in [0.3, 0.4) is 0 Å². The van der Waals surface area contributed by atoms with E-state index < -0.39 is 6.43 Å². The smallest absolute Gasteiger partial charge is 0.282 e. The van der Waals surface area contributed by atoms with E-state index in [9.17, 15) is 8.78 Å². The van der Waals surface area contributed by atoms with Gasteiger partial charge in [-0.05, 0) is 54.9 Å². The maximum absolute atomic E-state index is 13.8. The number of amidine groups is 1. The van der Waals surface area contributed by atoms with E-state index in [-0.39, 0.29) is 11.3 Å². The third kappa shape index (κ3) is 5.59. The first-order chi connectivity index (χ1) is 16.0. The number of para-hydroxylation sites is 2. The molecule has 0 aliphatic heterocycles. The van der Waals surface area contributed by atoms with Crippen LogP contribution in [-0.2, 0) is 7.05 Å². The summed E-state index contributed by atoms with van der Waals surface area (Å²) in [5.41, 5.74) is 5.87. The van der Waals surface area contributed by atoms with Gasteiger partial charge in [-0.2, -0.15) is 10.2 Å². The number of aryl methyl sites for hydroxylation is 1. The molecule has 0 radical (unpaired) electrons. The maximum Gasteiger partial charge on any atom is 0.282 e. The lowest BCUT2D eigenvalue weighted by Gasteiger charge is -2.18. The molecule has 3 aromatic rings. The summed E-state index contributed by atoms with van der Waals surface area (Å²) in [4.78, 5) is 0. The van der Waals surface area contributed by atoms with Crippen molar-refractivity contribution in [2.24, 2.45) is 18.1 Å². The third-order valence-corrected chi connectivity index (χ3v) is 6.28. The number of hydrogen-bond donors (Lipinski definition) is 2. The first kappa shape index (κ1) is 23.0. The largest absolute Gasteiger partial charge is 0.338 e. The van der Waals surface area contributed by atoms with E-state index in [2.05, 4.69) is 33.9 Å². The zero-order valence-corrected chi connectivity index (χ0v) is 19.1. The molecule has 1 aromatic heterocycles. The van der Waals surface area contributed by atoms with Crippen LogP contribution in [-0.4, -0.2) is 15.6 Å². The van der Waals surface area contributed by atoms with Gasteiger partial charge in [0.05, 0.1) is 11.3 Å². The van der Waals surface area contributed by atoms with Gasteiger partial charge >= 0.3 is 0 Å². The Bertz CT molecular complexity index is 1080. The van der Waals surface area contributed by atoms with Gasteiger partial charge in [0, 0.05) is 18.9 Å². The van der Waals surface area contributed by atoms with Gasteiger partial charge in [0.25, 0.3) is 6.43 Å². The van der Waals surface area contributed by atoms with E-state index >= 15 is 0 Å². The third-order valence-electron chi connectivity index (χ3n) is 6.28. The Hall–Kier alpha value is -3.22. The van der Waals surface area contributed by atoms with Gasteiger partial charge in [-0.1, -0.05) is 56.2 Å². The van der Waals surface area contributed by atoms with Gasteiger partial charge in [-0.15, -0.1) is 0 Å². The molecule has 0 amide bonds. The highest BCUT2D eigenvalue weighted by Crippen LogP contribution is 2.42. The van der Waals surface area contributed by atoms with Crippen LogP contribution in [0.2, 0.25) is 0 Å². The summed E-state index contributed by atoms with van der Waals surface area (Å²) in [7, 11) is 1.64. The van der Waals surface area contributed by atoms with Crippen LogP contribution in [0, 0.1) is 5.92 Å². The van der Waals surface area contributed by atoms with E-state index in [0.29, 0.717) is 11.8 Å². The molecular formula is C26H31F2N5. The molecule has 174 valence electrons. The molecule has 0 spiro atoms. The first-order valence-electron chi connectivity index (χ1n) is 11.6. The molecule has 2 N–H and O–H groups in total. The summed E-state index contributed by atoms with van der Waals surface area (Å²) >= 11 is 0. The van der Waals surface area contributed by atoms with Gasteiger partial charge in [-0.3, -0.25) is 10.1 Å². The quantitative estimate of drug-likeness (QED) is 0.222. The van der Waals surface area contributed by atoms with Gasteiger partial charge < -0.3 is 5.32 Å². The number of nitrogens with one attached hydrogen (secondary N) is 2. The van der Waals surface area contributed by atoms with Gasteiger partial charge in [0.1, 0.15) is 5.69 Å². The number of rotatable bonds is 8.